The zero-order chi connectivity index (χ0) is 22.2. The molecule has 1 aliphatic heterocycles. The zero-order valence-electron chi connectivity index (χ0n) is 17.4. The second-order valence-electron chi connectivity index (χ2n) is 8.46. The Morgan fingerprint density at radius 1 is 0.903 bits per heavy atom. The van der Waals surface area contributed by atoms with Gasteiger partial charge in [0, 0.05) is 23.1 Å². The standard InChI is InChI=1S/C26H24Cl2FNO/c1-26(2,31)24(19-4-3-5-23(29)14-19)20-15-30(16-20)25(17-6-10-21(27)11-7-17)18-8-12-22(28)13-9-18/h3-14,25,31H,15-16H2,1-2H3. The van der Waals surface area contributed by atoms with E-state index in [0.717, 1.165) is 27.8 Å². The van der Waals surface area contributed by atoms with Gasteiger partial charge in [0.05, 0.1) is 11.6 Å². The maximum absolute atomic E-state index is 13.9. The van der Waals surface area contributed by atoms with Gasteiger partial charge < -0.3 is 5.11 Å². The van der Waals surface area contributed by atoms with Crippen LogP contribution in [0.4, 0.5) is 4.39 Å². The first-order valence-corrected chi connectivity index (χ1v) is 10.9. The van der Waals surface area contributed by atoms with E-state index in [1.165, 1.54) is 12.1 Å². The molecule has 3 aromatic carbocycles. The topological polar surface area (TPSA) is 23.5 Å². The Kier molecular flexibility index (Phi) is 6.23. The molecule has 160 valence electrons. The maximum atomic E-state index is 13.9. The first kappa shape index (κ1) is 22.0. The van der Waals surface area contributed by atoms with E-state index in [9.17, 15) is 9.50 Å². The smallest absolute Gasteiger partial charge is 0.123 e. The summed E-state index contributed by atoms with van der Waals surface area (Å²) in [6.45, 7) is 4.84. The van der Waals surface area contributed by atoms with Crippen molar-refractivity contribution in [1.29, 1.82) is 0 Å². The van der Waals surface area contributed by atoms with E-state index in [1.807, 2.05) is 54.6 Å². The van der Waals surface area contributed by atoms with E-state index in [0.29, 0.717) is 23.1 Å². The van der Waals surface area contributed by atoms with Crippen molar-refractivity contribution in [3.05, 3.63) is 111 Å². The number of benzene rings is 3. The van der Waals surface area contributed by atoms with Crippen molar-refractivity contribution in [3.63, 3.8) is 0 Å². The number of hydrogen-bond acceptors (Lipinski definition) is 2. The van der Waals surface area contributed by atoms with Gasteiger partial charge in [-0.05, 0) is 78.1 Å². The minimum Gasteiger partial charge on any atom is -0.386 e. The van der Waals surface area contributed by atoms with Crippen molar-refractivity contribution in [2.45, 2.75) is 25.5 Å². The molecule has 0 unspecified atom stereocenters. The summed E-state index contributed by atoms with van der Waals surface area (Å²) in [4.78, 5) is 2.33. The lowest BCUT2D eigenvalue weighted by atomic mass is 9.83. The van der Waals surface area contributed by atoms with Crippen LogP contribution >= 0.6 is 23.2 Å². The Hall–Kier alpha value is -2.17. The Labute approximate surface area is 192 Å². The van der Waals surface area contributed by atoms with Gasteiger partial charge in [0.15, 0.2) is 0 Å². The fourth-order valence-corrected chi connectivity index (χ4v) is 4.57. The second kappa shape index (κ2) is 8.76. The average Bonchev–Trinajstić information content (AvgIpc) is 2.68. The van der Waals surface area contributed by atoms with Crippen LogP contribution < -0.4 is 0 Å². The van der Waals surface area contributed by atoms with Crippen molar-refractivity contribution < 1.29 is 9.50 Å². The molecule has 0 spiro atoms. The summed E-state index contributed by atoms with van der Waals surface area (Å²) in [5.41, 5.74) is 3.78. The molecule has 0 amide bonds. The van der Waals surface area contributed by atoms with Crippen LogP contribution in [0.3, 0.4) is 0 Å². The lowest BCUT2D eigenvalue weighted by Crippen LogP contribution is -2.45. The summed E-state index contributed by atoms with van der Waals surface area (Å²) in [6.07, 6.45) is 0. The monoisotopic (exact) mass is 455 g/mol. The van der Waals surface area contributed by atoms with Gasteiger partial charge in [-0.3, -0.25) is 4.90 Å². The second-order valence-corrected chi connectivity index (χ2v) is 9.33. The van der Waals surface area contributed by atoms with Crippen molar-refractivity contribution in [3.8, 4) is 0 Å². The predicted molar refractivity (Wildman–Crippen MR) is 126 cm³/mol. The van der Waals surface area contributed by atoms with E-state index in [4.69, 9.17) is 23.2 Å². The largest absolute Gasteiger partial charge is 0.386 e. The Balaban J connectivity index is 1.70. The Morgan fingerprint density at radius 2 is 1.42 bits per heavy atom. The molecule has 0 aliphatic carbocycles. The molecular weight excluding hydrogens is 432 g/mol. The number of likely N-dealkylation sites (tertiary alicyclic amines) is 1. The van der Waals surface area contributed by atoms with Crippen molar-refractivity contribution in [2.75, 3.05) is 13.1 Å². The van der Waals surface area contributed by atoms with Crippen LogP contribution in [0, 0.1) is 5.82 Å². The molecule has 3 aromatic rings. The number of hydrogen-bond donors (Lipinski definition) is 1. The molecule has 1 N–H and O–H groups in total. The van der Waals surface area contributed by atoms with Crippen LogP contribution in [0.2, 0.25) is 10.0 Å². The van der Waals surface area contributed by atoms with Gasteiger partial charge >= 0.3 is 0 Å². The van der Waals surface area contributed by atoms with Crippen molar-refractivity contribution in [1.82, 2.24) is 4.90 Å². The third kappa shape index (κ3) is 4.86. The summed E-state index contributed by atoms with van der Waals surface area (Å²) < 4.78 is 13.9. The summed E-state index contributed by atoms with van der Waals surface area (Å²) in [7, 11) is 0. The first-order valence-electron chi connectivity index (χ1n) is 10.2. The number of rotatable bonds is 5. The molecule has 1 saturated heterocycles. The van der Waals surface area contributed by atoms with Crippen LogP contribution in [0.1, 0.15) is 36.6 Å². The molecule has 2 nitrogen and oxygen atoms in total. The average molecular weight is 456 g/mol. The fourth-order valence-electron chi connectivity index (χ4n) is 4.32. The molecular formula is C26H24Cl2FNO. The van der Waals surface area contributed by atoms with E-state index in [-0.39, 0.29) is 11.9 Å². The van der Waals surface area contributed by atoms with Gasteiger partial charge in [-0.15, -0.1) is 0 Å². The number of nitrogens with zero attached hydrogens (tertiary/aromatic N) is 1. The van der Waals surface area contributed by atoms with Crippen LogP contribution in [0.15, 0.2) is 78.4 Å². The van der Waals surface area contributed by atoms with E-state index >= 15 is 0 Å². The predicted octanol–water partition coefficient (Wildman–Crippen LogP) is 6.76. The SMILES string of the molecule is CC(C)(O)C(=C1CN(C(c2ccc(Cl)cc2)c2ccc(Cl)cc2)C1)c1cccc(F)c1. The molecule has 1 fully saturated rings. The highest BCUT2D eigenvalue weighted by Gasteiger charge is 2.35. The molecule has 0 radical (unpaired) electrons. The summed E-state index contributed by atoms with van der Waals surface area (Å²) in [6, 6.07) is 22.2. The van der Waals surface area contributed by atoms with E-state index < -0.39 is 5.60 Å². The maximum Gasteiger partial charge on any atom is 0.123 e. The number of halogens is 3. The Morgan fingerprint density at radius 3 is 1.87 bits per heavy atom. The normalized spacial score (nSPS) is 14.6. The lowest BCUT2D eigenvalue weighted by molar-refractivity contribution is 0.136. The molecule has 4 rings (SSSR count). The molecule has 0 bridgehead atoms. The summed E-state index contributed by atoms with van der Waals surface area (Å²) in [5.74, 6) is -0.309. The molecule has 31 heavy (non-hydrogen) atoms. The quantitative estimate of drug-likeness (QED) is 0.459. The lowest BCUT2D eigenvalue weighted by Gasteiger charge is -2.44. The van der Waals surface area contributed by atoms with E-state index in [1.54, 1.807) is 19.9 Å². The molecule has 5 heteroatoms. The minimum absolute atomic E-state index is 0.0221. The Bertz CT molecular complexity index is 1050. The van der Waals surface area contributed by atoms with Crippen LogP contribution in [-0.2, 0) is 0 Å². The van der Waals surface area contributed by atoms with Crippen molar-refractivity contribution in [2.24, 2.45) is 0 Å². The molecule has 0 atom stereocenters. The van der Waals surface area contributed by atoms with Crippen molar-refractivity contribution >= 4 is 28.8 Å². The highest BCUT2D eigenvalue weighted by molar-refractivity contribution is 6.30. The summed E-state index contributed by atoms with van der Waals surface area (Å²) >= 11 is 12.2. The fraction of sp³-hybridized carbons (Fsp3) is 0.231. The minimum atomic E-state index is -1.08. The molecule has 1 aliphatic rings. The third-order valence-electron chi connectivity index (χ3n) is 5.60. The number of aliphatic hydroxyl groups is 1. The highest BCUT2D eigenvalue weighted by Crippen LogP contribution is 2.40. The summed E-state index contributed by atoms with van der Waals surface area (Å²) in [5, 5.41) is 12.2. The van der Waals surface area contributed by atoms with Crippen LogP contribution in [0.25, 0.3) is 5.57 Å². The molecule has 0 saturated carbocycles. The van der Waals surface area contributed by atoms with E-state index in [2.05, 4.69) is 4.90 Å². The molecule has 0 aromatic heterocycles. The van der Waals surface area contributed by atoms with Gasteiger partial charge in [0.1, 0.15) is 5.82 Å². The third-order valence-corrected chi connectivity index (χ3v) is 6.11. The van der Waals surface area contributed by atoms with Crippen LogP contribution in [-0.4, -0.2) is 28.7 Å². The van der Waals surface area contributed by atoms with Gasteiger partial charge in [-0.1, -0.05) is 59.6 Å². The highest BCUT2D eigenvalue weighted by atomic mass is 35.5. The van der Waals surface area contributed by atoms with Gasteiger partial charge in [0.2, 0.25) is 0 Å². The molecule has 1 heterocycles. The van der Waals surface area contributed by atoms with Crippen LogP contribution in [0.5, 0.6) is 0 Å². The van der Waals surface area contributed by atoms with Gasteiger partial charge in [0.25, 0.3) is 0 Å². The van der Waals surface area contributed by atoms with Gasteiger partial charge in [-0.25, -0.2) is 4.39 Å². The van der Waals surface area contributed by atoms with Gasteiger partial charge in [-0.2, -0.15) is 0 Å². The zero-order valence-corrected chi connectivity index (χ0v) is 19.0. The first-order chi connectivity index (χ1) is 14.7.